The van der Waals surface area contributed by atoms with E-state index in [1.807, 2.05) is 0 Å². The van der Waals surface area contributed by atoms with E-state index in [-0.39, 0.29) is 0 Å². The van der Waals surface area contributed by atoms with Crippen LogP contribution in [0.1, 0.15) is 0 Å². The van der Waals surface area contributed by atoms with Crippen molar-refractivity contribution < 1.29 is 0 Å². The van der Waals surface area contributed by atoms with Gasteiger partial charge in [-0.2, -0.15) is 5.10 Å². The number of aryl methyl sites for hydroxylation is 1. The van der Waals surface area contributed by atoms with Crippen LogP contribution in [0, 0.1) is 0 Å². The van der Waals surface area contributed by atoms with E-state index in [9.17, 15) is 0 Å². The minimum atomic E-state index is 0.405. The van der Waals surface area contributed by atoms with Gasteiger partial charge in [0.1, 0.15) is 12.1 Å². The molecule has 3 aromatic rings. The van der Waals surface area contributed by atoms with Crippen LogP contribution in [-0.2, 0) is 7.05 Å². The van der Waals surface area contributed by atoms with Crippen molar-refractivity contribution in [3.63, 3.8) is 0 Å². The van der Waals surface area contributed by atoms with E-state index in [0.717, 1.165) is 10.9 Å². The molecule has 0 saturated carbocycles. The molecule has 2 N–H and O–H groups in total. The van der Waals surface area contributed by atoms with Gasteiger partial charge in [-0.15, -0.1) is 0 Å². The largest absolute Gasteiger partial charge is 0.383 e. The average Bonchev–Trinajstić information content (AvgIpc) is 2.73. The number of hydrogen-bond donors (Lipinski definition) is 1. The fourth-order valence-electron chi connectivity index (χ4n) is 1.59. The van der Waals surface area contributed by atoms with Crippen LogP contribution < -0.4 is 5.73 Å². The molecule has 0 aliphatic rings. The Labute approximate surface area is 96.4 Å². The summed E-state index contributed by atoms with van der Waals surface area (Å²) >= 11 is 0. The molecule has 0 aromatic carbocycles. The second-order valence-corrected chi connectivity index (χ2v) is 3.57. The predicted molar refractivity (Wildman–Crippen MR) is 61.7 cm³/mol. The maximum atomic E-state index is 5.86. The molecular weight excluding hydrogens is 218 g/mol. The van der Waals surface area contributed by atoms with E-state index in [4.69, 9.17) is 5.73 Å². The van der Waals surface area contributed by atoms with Gasteiger partial charge in [0.05, 0.1) is 17.1 Å². The van der Waals surface area contributed by atoms with Gasteiger partial charge in [-0.05, 0) is 0 Å². The zero-order chi connectivity index (χ0) is 11.8. The van der Waals surface area contributed by atoms with Gasteiger partial charge in [0.2, 0.25) is 0 Å². The average molecular weight is 227 g/mol. The number of aromatic nitrogens is 6. The smallest absolute Gasteiger partial charge is 0.167 e. The summed E-state index contributed by atoms with van der Waals surface area (Å²) in [5.41, 5.74) is 7.28. The van der Waals surface area contributed by atoms with Gasteiger partial charge in [0, 0.05) is 19.4 Å². The van der Waals surface area contributed by atoms with Gasteiger partial charge >= 0.3 is 0 Å². The first-order valence-corrected chi connectivity index (χ1v) is 4.96. The minimum Gasteiger partial charge on any atom is -0.383 e. The van der Waals surface area contributed by atoms with Gasteiger partial charge in [0.15, 0.2) is 11.5 Å². The van der Waals surface area contributed by atoms with Gasteiger partial charge < -0.3 is 5.73 Å². The number of nitrogen functional groups attached to an aromatic ring is 1. The highest BCUT2D eigenvalue weighted by Gasteiger charge is 2.10. The Hall–Kier alpha value is -2.57. The molecule has 0 amide bonds. The van der Waals surface area contributed by atoms with Crippen LogP contribution in [0.2, 0.25) is 0 Å². The number of rotatable bonds is 1. The molecule has 0 radical (unpaired) electrons. The Bertz CT molecular complexity index is 674. The van der Waals surface area contributed by atoms with Crippen molar-refractivity contribution in [3.05, 3.63) is 24.9 Å². The zero-order valence-electron chi connectivity index (χ0n) is 9.07. The Morgan fingerprint density at radius 3 is 2.65 bits per heavy atom. The monoisotopic (exact) mass is 227 g/mol. The lowest BCUT2D eigenvalue weighted by atomic mass is 10.3. The number of fused-ring (bicyclic) bond motifs is 1. The summed E-state index contributed by atoms with van der Waals surface area (Å²) in [7, 11) is 1.81. The van der Waals surface area contributed by atoms with Gasteiger partial charge in [-0.3, -0.25) is 4.68 Å². The number of hydrogen-bond acceptors (Lipinski definition) is 6. The molecule has 84 valence electrons. The van der Waals surface area contributed by atoms with E-state index in [1.165, 1.54) is 6.33 Å². The van der Waals surface area contributed by atoms with Crippen LogP contribution in [0.15, 0.2) is 24.9 Å². The third-order valence-electron chi connectivity index (χ3n) is 2.44. The summed E-state index contributed by atoms with van der Waals surface area (Å²) in [4.78, 5) is 16.5. The first-order valence-electron chi connectivity index (χ1n) is 4.96. The van der Waals surface area contributed by atoms with Gasteiger partial charge in [-0.1, -0.05) is 0 Å². The Kier molecular flexibility index (Phi) is 1.97. The van der Waals surface area contributed by atoms with Crippen LogP contribution in [0.4, 0.5) is 5.82 Å². The molecule has 0 atom stereocenters. The molecule has 7 heteroatoms. The minimum absolute atomic E-state index is 0.405. The zero-order valence-corrected chi connectivity index (χ0v) is 9.07. The maximum absolute atomic E-state index is 5.86. The summed E-state index contributed by atoms with van der Waals surface area (Å²) in [5, 5.41) is 4.84. The Morgan fingerprint density at radius 1 is 1.12 bits per heavy atom. The molecule has 0 spiro atoms. The van der Waals surface area contributed by atoms with Crippen LogP contribution >= 0.6 is 0 Å². The lowest BCUT2D eigenvalue weighted by Gasteiger charge is -2.02. The van der Waals surface area contributed by atoms with Crippen LogP contribution in [0.5, 0.6) is 0 Å². The van der Waals surface area contributed by atoms with E-state index in [1.54, 1.807) is 30.3 Å². The number of nitrogens with two attached hydrogens (primary N) is 1. The summed E-state index contributed by atoms with van der Waals surface area (Å²) < 4.78 is 1.65. The first-order chi connectivity index (χ1) is 8.25. The predicted octanol–water partition coefficient (Wildman–Crippen LogP) is 0.403. The fraction of sp³-hybridized carbons (Fsp3) is 0.100. The maximum Gasteiger partial charge on any atom is 0.167 e. The molecule has 17 heavy (non-hydrogen) atoms. The van der Waals surface area contributed by atoms with Crippen LogP contribution in [-0.4, -0.2) is 29.7 Å². The molecule has 3 heterocycles. The van der Waals surface area contributed by atoms with E-state index < -0.39 is 0 Å². The standard InChI is InChI=1S/C10H9N7/c1-17-10-7(4-14-17)8(11)15-9(16-10)6-2-12-5-13-3-6/h2-5H,1H3,(H2,11,15,16). The van der Waals surface area contributed by atoms with Crippen LogP contribution in [0.3, 0.4) is 0 Å². The normalized spacial score (nSPS) is 10.9. The molecule has 0 saturated heterocycles. The summed E-state index contributed by atoms with van der Waals surface area (Å²) in [6, 6.07) is 0. The van der Waals surface area contributed by atoms with Crippen molar-refractivity contribution in [1.29, 1.82) is 0 Å². The molecule has 0 aliphatic carbocycles. The molecule has 0 aliphatic heterocycles. The molecule has 7 nitrogen and oxygen atoms in total. The Morgan fingerprint density at radius 2 is 1.88 bits per heavy atom. The van der Waals surface area contributed by atoms with E-state index >= 15 is 0 Å². The fourth-order valence-corrected chi connectivity index (χ4v) is 1.59. The van der Waals surface area contributed by atoms with Crippen molar-refractivity contribution in [2.75, 3.05) is 5.73 Å². The third kappa shape index (κ3) is 1.48. The number of anilines is 1. The SMILES string of the molecule is Cn1ncc2c(N)nc(-c3cncnc3)nc21. The van der Waals surface area contributed by atoms with Crippen molar-refractivity contribution in [1.82, 2.24) is 29.7 Å². The summed E-state index contributed by atoms with van der Waals surface area (Å²) in [6.07, 6.45) is 6.39. The second-order valence-electron chi connectivity index (χ2n) is 3.57. The number of nitrogens with zero attached hydrogens (tertiary/aromatic N) is 6. The first kappa shape index (κ1) is 9.64. The quantitative estimate of drug-likeness (QED) is 0.646. The lowest BCUT2D eigenvalue weighted by molar-refractivity contribution is 0.786. The highest BCUT2D eigenvalue weighted by Crippen LogP contribution is 2.21. The second kappa shape index (κ2) is 3.48. The molecule has 0 bridgehead atoms. The molecule has 0 unspecified atom stereocenters. The highest BCUT2D eigenvalue weighted by atomic mass is 15.3. The van der Waals surface area contributed by atoms with E-state index in [2.05, 4.69) is 25.0 Å². The van der Waals surface area contributed by atoms with Gasteiger partial charge in [0.25, 0.3) is 0 Å². The summed E-state index contributed by atoms with van der Waals surface area (Å²) in [6.45, 7) is 0. The van der Waals surface area contributed by atoms with E-state index in [0.29, 0.717) is 17.3 Å². The molecule has 3 rings (SSSR count). The lowest BCUT2D eigenvalue weighted by Crippen LogP contribution is -2.00. The molecular formula is C10H9N7. The van der Waals surface area contributed by atoms with Crippen molar-refractivity contribution in [2.24, 2.45) is 7.05 Å². The van der Waals surface area contributed by atoms with Crippen LogP contribution in [0.25, 0.3) is 22.4 Å². The van der Waals surface area contributed by atoms with Crippen molar-refractivity contribution >= 4 is 16.9 Å². The van der Waals surface area contributed by atoms with Crippen molar-refractivity contribution in [3.8, 4) is 11.4 Å². The Balaban J connectivity index is 2.28. The molecule has 0 fully saturated rings. The highest BCUT2D eigenvalue weighted by molar-refractivity contribution is 5.86. The topological polar surface area (TPSA) is 95.4 Å². The van der Waals surface area contributed by atoms with Crippen molar-refractivity contribution in [2.45, 2.75) is 0 Å². The summed E-state index contributed by atoms with van der Waals surface area (Å²) in [5.74, 6) is 0.904. The third-order valence-corrected chi connectivity index (χ3v) is 2.44. The molecule has 3 aromatic heterocycles. The van der Waals surface area contributed by atoms with Gasteiger partial charge in [-0.25, -0.2) is 19.9 Å².